The Morgan fingerprint density at radius 1 is 1.35 bits per heavy atom. The Hall–Kier alpha value is -1.95. The molecule has 1 aliphatic heterocycles. The first-order valence-electron chi connectivity index (χ1n) is 8.07. The number of likely N-dealkylation sites (tertiary alicyclic amines) is 1. The predicted molar refractivity (Wildman–Crippen MR) is 84.6 cm³/mol. The highest BCUT2D eigenvalue weighted by atomic mass is 19.1. The molecule has 0 saturated carbocycles. The first kappa shape index (κ1) is 17.4. The SMILES string of the molecule is N#CCCC(C#N)CN1CCC[C@H](OCc2ccccc2F)C1. The highest BCUT2D eigenvalue weighted by Crippen LogP contribution is 2.18. The van der Waals surface area contributed by atoms with Gasteiger partial charge >= 0.3 is 0 Å². The van der Waals surface area contributed by atoms with Crippen LogP contribution in [0.3, 0.4) is 0 Å². The van der Waals surface area contributed by atoms with Crippen LogP contribution in [0.15, 0.2) is 24.3 Å². The van der Waals surface area contributed by atoms with E-state index in [1.807, 2.05) is 6.07 Å². The van der Waals surface area contributed by atoms with Gasteiger partial charge in [0.2, 0.25) is 0 Å². The average molecular weight is 315 g/mol. The molecule has 1 unspecified atom stereocenters. The van der Waals surface area contributed by atoms with Crippen LogP contribution in [0.25, 0.3) is 0 Å². The molecule has 0 aliphatic carbocycles. The summed E-state index contributed by atoms with van der Waals surface area (Å²) in [5.74, 6) is -0.346. The molecule has 0 bridgehead atoms. The molecular weight excluding hydrogens is 293 g/mol. The summed E-state index contributed by atoms with van der Waals surface area (Å²) in [4.78, 5) is 2.22. The lowest BCUT2D eigenvalue weighted by Gasteiger charge is -2.33. The van der Waals surface area contributed by atoms with Gasteiger partial charge in [0.15, 0.2) is 0 Å². The molecule has 122 valence electrons. The molecule has 23 heavy (non-hydrogen) atoms. The number of benzene rings is 1. The maximum absolute atomic E-state index is 13.6. The molecule has 1 fully saturated rings. The van der Waals surface area contributed by atoms with Crippen molar-refractivity contribution < 1.29 is 9.13 Å². The van der Waals surface area contributed by atoms with Crippen molar-refractivity contribution in [2.24, 2.45) is 5.92 Å². The van der Waals surface area contributed by atoms with Gasteiger partial charge in [-0.15, -0.1) is 0 Å². The number of nitriles is 2. The molecule has 2 atom stereocenters. The smallest absolute Gasteiger partial charge is 0.128 e. The lowest BCUT2D eigenvalue weighted by Crippen LogP contribution is -2.41. The van der Waals surface area contributed by atoms with Crippen molar-refractivity contribution in [3.8, 4) is 12.1 Å². The summed E-state index contributed by atoms with van der Waals surface area (Å²) in [7, 11) is 0. The van der Waals surface area contributed by atoms with Gasteiger partial charge in [0.05, 0.1) is 30.8 Å². The first-order chi connectivity index (χ1) is 11.2. The third-order valence-corrected chi connectivity index (χ3v) is 4.16. The molecule has 1 aromatic carbocycles. The van der Waals surface area contributed by atoms with Crippen LogP contribution in [0, 0.1) is 34.4 Å². The molecule has 1 aliphatic rings. The number of halogens is 1. The van der Waals surface area contributed by atoms with Crippen LogP contribution < -0.4 is 0 Å². The van der Waals surface area contributed by atoms with E-state index in [-0.39, 0.29) is 24.4 Å². The minimum atomic E-state index is -0.235. The zero-order valence-electron chi connectivity index (χ0n) is 13.2. The Bertz CT molecular complexity index is 578. The predicted octanol–water partition coefficient (Wildman–Crippen LogP) is 3.25. The van der Waals surface area contributed by atoms with E-state index >= 15 is 0 Å². The number of piperidine rings is 1. The first-order valence-corrected chi connectivity index (χ1v) is 8.07. The maximum atomic E-state index is 13.6. The largest absolute Gasteiger partial charge is 0.372 e. The summed E-state index contributed by atoms with van der Waals surface area (Å²) in [5.41, 5.74) is 0.577. The quantitative estimate of drug-likeness (QED) is 0.775. The van der Waals surface area contributed by atoms with Gasteiger partial charge in [0.25, 0.3) is 0 Å². The van der Waals surface area contributed by atoms with Crippen LogP contribution >= 0.6 is 0 Å². The zero-order chi connectivity index (χ0) is 16.5. The van der Waals surface area contributed by atoms with Gasteiger partial charge in [0.1, 0.15) is 5.82 Å². The molecule has 5 heteroatoms. The van der Waals surface area contributed by atoms with E-state index in [9.17, 15) is 9.65 Å². The number of rotatable bonds is 7. The van der Waals surface area contributed by atoms with Crippen molar-refractivity contribution in [3.63, 3.8) is 0 Å². The van der Waals surface area contributed by atoms with Gasteiger partial charge in [-0.05, 0) is 31.9 Å². The van der Waals surface area contributed by atoms with Gasteiger partial charge in [-0.3, -0.25) is 4.90 Å². The monoisotopic (exact) mass is 315 g/mol. The van der Waals surface area contributed by atoms with Crippen molar-refractivity contribution in [3.05, 3.63) is 35.6 Å². The fourth-order valence-electron chi connectivity index (χ4n) is 2.89. The summed E-state index contributed by atoms with van der Waals surface area (Å²) in [6.45, 7) is 2.67. The third kappa shape index (κ3) is 5.63. The topological polar surface area (TPSA) is 60.0 Å². The molecule has 2 rings (SSSR count). The minimum absolute atomic E-state index is 0.0682. The van der Waals surface area contributed by atoms with E-state index in [1.54, 1.807) is 12.1 Å². The number of ether oxygens (including phenoxy) is 1. The second-order valence-electron chi connectivity index (χ2n) is 5.95. The van der Waals surface area contributed by atoms with Crippen molar-refractivity contribution in [2.75, 3.05) is 19.6 Å². The van der Waals surface area contributed by atoms with E-state index in [0.29, 0.717) is 24.9 Å². The van der Waals surface area contributed by atoms with Gasteiger partial charge in [-0.25, -0.2) is 4.39 Å². The highest BCUT2D eigenvalue weighted by molar-refractivity contribution is 5.16. The average Bonchev–Trinajstić information content (AvgIpc) is 2.58. The van der Waals surface area contributed by atoms with Crippen LogP contribution in [0.1, 0.15) is 31.2 Å². The maximum Gasteiger partial charge on any atom is 0.128 e. The second-order valence-corrected chi connectivity index (χ2v) is 5.95. The number of hydrogen-bond donors (Lipinski definition) is 0. The van der Waals surface area contributed by atoms with Crippen molar-refractivity contribution >= 4 is 0 Å². The summed E-state index contributed by atoms with van der Waals surface area (Å²) < 4.78 is 19.5. The van der Waals surface area contributed by atoms with Crippen molar-refractivity contribution in [1.82, 2.24) is 4.90 Å². The highest BCUT2D eigenvalue weighted by Gasteiger charge is 2.23. The van der Waals surface area contributed by atoms with Crippen LogP contribution in [0.4, 0.5) is 4.39 Å². The van der Waals surface area contributed by atoms with E-state index in [2.05, 4.69) is 17.0 Å². The van der Waals surface area contributed by atoms with Crippen molar-refractivity contribution in [2.45, 2.75) is 38.4 Å². The molecule has 0 spiro atoms. The van der Waals surface area contributed by atoms with Gasteiger partial charge in [-0.2, -0.15) is 10.5 Å². The summed E-state index contributed by atoms with van der Waals surface area (Å²) in [6, 6.07) is 11.0. The summed E-state index contributed by atoms with van der Waals surface area (Å²) >= 11 is 0. The van der Waals surface area contributed by atoms with Gasteiger partial charge < -0.3 is 4.74 Å². The summed E-state index contributed by atoms with van der Waals surface area (Å²) in [6.07, 6.45) is 3.07. The molecular formula is C18H22FN3O. The normalized spacial score (nSPS) is 19.7. The van der Waals surface area contributed by atoms with Crippen LogP contribution in [-0.2, 0) is 11.3 Å². The third-order valence-electron chi connectivity index (χ3n) is 4.16. The summed E-state index contributed by atoms with van der Waals surface area (Å²) in [5, 5.41) is 17.8. The molecule has 4 nitrogen and oxygen atoms in total. The number of hydrogen-bond acceptors (Lipinski definition) is 4. The lowest BCUT2D eigenvalue weighted by atomic mass is 10.0. The molecule has 0 aromatic heterocycles. The minimum Gasteiger partial charge on any atom is -0.372 e. The fourth-order valence-corrected chi connectivity index (χ4v) is 2.89. The second kappa shape index (κ2) is 9.25. The standard InChI is InChI=1S/C18H22FN3O/c19-18-8-2-1-6-16(18)14-23-17-7-4-10-22(13-17)12-15(11-21)5-3-9-20/h1-2,6,8,15,17H,3-5,7,10,12-14H2/t15?,17-/m0/s1. The zero-order valence-corrected chi connectivity index (χ0v) is 13.2. The molecule has 1 heterocycles. The Kier molecular flexibility index (Phi) is 7.00. The molecule has 0 N–H and O–H groups in total. The van der Waals surface area contributed by atoms with Gasteiger partial charge in [0, 0.05) is 25.1 Å². The van der Waals surface area contributed by atoms with Crippen molar-refractivity contribution in [1.29, 1.82) is 10.5 Å². The molecule has 1 aromatic rings. The van der Waals surface area contributed by atoms with E-state index < -0.39 is 0 Å². The van der Waals surface area contributed by atoms with Gasteiger partial charge in [-0.1, -0.05) is 18.2 Å². The lowest BCUT2D eigenvalue weighted by molar-refractivity contribution is -0.0130. The van der Waals surface area contributed by atoms with Crippen LogP contribution in [0.5, 0.6) is 0 Å². The Balaban J connectivity index is 1.80. The van der Waals surface area contributed by atoms with E-state index in [4.69, 9.17) is 10.00 Å². The Morgan fingerprint density at radius 3 is 2.91 bits per heavy atom. The Labute approximate surface area is 137 Å². The van der Waals surface area contributed by atoms with E-state index in [1.165, 1.54) is 6.07 Å². The fraction of sp³-hybridized carbons (Fsp3) is 0.556. The Morgan fingerprint density at radius 2 is 2.17 bits per heavy atom. The van der Waals surface area contributed by atoms with Crippen LogP contribution in [-0.4, -0.2) is 30.6 Å². The molecule has 1 saturated heterocycles. The molecule has 0 radical (unpaired) electrons. The van der Waals surface area contributed by atoms with E-state index in [0.717, 1.165) is 25.9 Å². The molecule has 0 amide bonds. The number of nitrogens with zero attached hydrogens (tertiary/aromatic N) is 3. The van der Waals surface area contributed by atoms with Crippen LogP contribution in [0.2, 0.25) is 0 Å².